The standard InChI is InChI=1S/C18H17ClN6/c1-3-12(4-2)16-9-15(23-24-16)10-20-18-22-17(11-21-25-18)13-6-5-7-14(19)8-13/h3-9,11H,1,10H2,2H3,(H,23,24)(H,20,22,25). The number of aromatic nitrogens is 5. The Morgan fingerprint density at radius 2 is 2.24 bits per heavy atom. The Labute approximate surface area is 150 Å². The Hall–Kier alpha value is -2.99. The quantitative estimate of drug-likeness (QED) is 0.652. The van der Waals surface area contributed by atoms with Gasteiger partial charge in [0, 0.05) is 10.6 Å². The highest BCUT2D eigenvalue weighted by molar-refractivity contribution is 6.30. The van der Waals surface area contributed by atoms with Gasteiger partial charge in [0.1, 0.15) is 0 Å². The third kappa shape index (κ3) is 4.10. The van der Waals surface area contributed by atoms with E-state index in [0.29, 0.717) is 23.2 Å². The lowest BCUT2D eigenvalue weighted by molar-refractivity contribution is 0.922. The van der Waals surface area contributed by atoms with Gasteiger partial charge in [0.25, 0.3) is 0 Å². The number of nitrogens with one attached hydrogen (secondary N) is 2. The number of aromatic amines is 1. The Balaban J connectivity index is 1.72. The molecule has 0 saturated carbocycles. The molecule has 126 valence electrons. The van der Waals surface area contributed by atoms with E-state index < -0.39 is 0 Å². The van der Waals surface area contributed by atoms with Crippen LogP contribution in [0.1, 0.15) is 18.3 Å². The molecule has 0 unspecified atom stereocenters. The van der Waals surface area contributed by atoms with E-state index in [1.807, 2.05) is 43.3 Å². The summed E-state index contributed by atoms with van der Waals surface area (Å²) in [5.74, 6) is 0.434. The molecule has 0 radical (unpaired) electrons. The molecule has 0 amide bonds. The van der Waals surface area contributed by atoms with Gasteiger partial charge >= 0.3 is 0 Å². The molecule has 0 fully saturated rings. The summed E-state index contributed by atoms with van der Waals surface area (Å²) in [5.41, 5.74) is 4.32. The molecule has 0 bridgehead atoms. The molecular weight excluding hydrogens is 336 g/mol. The Morgan fingerprint density at radius 1 is 1.36 bits per heavy atom. The predicted octanol–water partition coefficient (Wildman–Crippen LogP) is 4.12. The van der Waals surface area contributed by atoms with E-state index in [0.717, 1.165) is 22.5 Å². The second-order valence-corrected chi connectivity index (χ2v) is 5.69. The molecule has 7 heteroatoms. The number of rotatable bonds is 6. The second kappa shape index (κ2) is 7.72. The van der Waals surface area contributed by atoms with Crippen LogP contribution in [0.4, 0.5) is 5.95 Å². The number of H-pyrrole nitrogens is 1. The lowest BCUT2D eigenvalue weighted by Gasteiger charge is -2.05. The molecule has 0 atom stereocenters. The summed E-state index contributed by atoms with van der Waals surface area (Å²) in [4.78, 5) is 4.47. The van der Waals surface area contributed by atoms with Crippen LogP contribution in [0, 0.1) is 0 Å². The van der Waals surface area contributed by atoms with Crippen LogP contribution in [0.25, 0.3) is 16.8 Å². The van der Waals surface area contributed by atoms with Crippen LogP contribution in [0.5, 0.6) is 0 Å². The van der Waals surface area contributed by atoms with Crippen molar-refractivity contribution in [3.63, 3.8) is 0 Å². The summed E-state index contributed by atoms with van der Waals surface area (Å²) in [6, 6.07) is 9.41. The SMILES string of the molecule is C=CC(=CC)c1cc(CNc2nncc(-c3cccc(Cl)c3)n2)[nH]n1. The van der Waals surface area contributed by atoms with Crippen molar-refractivity contribution in [1.82, 2.24) is 25.4 Å². The van der Waals surface area contributed by atoms with Crippen molar-refractivity contribution in [3.8, 4) is 11.3 Å². The minimum atomic E-state index is 0.434. The van der Waals surface area contributed by atoms with Gasteiger partial charge in [-0.05, 0) is 30.7 Å². The smallest absolute Gasteiger partial charge is 0.243 e. The van der Waals surface area contributed by atoms with Gasteiger partial charge in [-0.15, -0.1) is 5.10 Å². The van der Waals surface area contributed by atoms with Gasteiger partial charge in [0.05, 0.1) is 29.8 Å². The molecule has 0 aliphatic carbocycles. The number of hydrogen-bond donors (Lipinski definition) is 2. The first-order valence-electron chi connectivity index (χ1n) is 7.72. The van der Waals surface area contributed by atoms with Crippen molar-refractivity contribution < 1.29 is 0 Å². The van der Waals surface area contributed by atoms with Crippen molar-refractivity contribution in [2.45, 2.75) is 13.5 Å². The van der Waals surface area contributed by atoms with Gasteiger partial charge < -0.3 is 5.32 Å². The van der Waals surface area contributed by atoms with Crippen LogP contribution in [-0.2, 0) is 6.54 Å². The number of hydrogen-bond acceptors (Lipinski definition) is 5. The maximum atomic E-state index is 6.03. The van der Waals surface area contributed by atoms with Crippen molar-refractivity contribution in [1.29, 1.82) is 0 Å². The van der Waals surface area contributed by atoms with Crippen molar-refractivity contribution >= 4 is 23.1 Å². The third-order valence-electron chi connectivity index (χ3n) is 3.57. The maximum Gasteiger partial charge on any atom is 0.243 e. The average Bonchev–Trinajstić information content (AvgIpc) is 3.10. The maximum absolute atomic E-state index is 6.03. The summed E-state index contributed by atoms with van der Waals surface area (Å²) in [5, 5.41) is 19.1. The highest BCUT2D eigenvalue weighted by Gasteiger charge is 2.06. The third-order valence-corrected chi connectivity index (χ3v) is 3.81. The van der Waals surface area contributed by atoms with E-state index in [4.69, 9.17) is 11.6 Å². The lowest BCUT2D eigenvalue weighted by Crippen LogP contribution is -2.05. The molecule has 2 N–H and O–H groups in total. The Morgan fingerprint density at radius 3 is 3.00 bits per heavy atom. The zero-order valence-corrected chi connectivity index (χ0v) is 14.5. The van der Waals surface area contributed by atoms with Gasteiger partial charge in [0.2, 0.25) is 5.95 Å². The molecule has 2 heterocycles. The van der Waals surface area contributed by atoms with Crippen LogP contribution in [0.15, 0.2) is 55.3 Å². The van der Waals surface area contributed by atoms with Crippen molar-refractivity contribution in [2.75, 3.05) is 5.32 Å². The van der Waals surface area contributed by atoms with Gasteiger partial charge in [-0.25, -0.2) is 4.98 Å². The minimum absolute atomic E-state index is 0.434. The molecule has 0 spiro atoms. The van der Waals surface area contributed by atoms with E-state index in [9.17, 15) is 0 Å². The fourth-order valence-electron chi connectivity index (χ4n) is 2.31. The summed E-state index contributed by atoms with van der Waals surface area (Å²) in [6.45, 7) is 6.23. The molecule has 25 heavy (non-hydrogen) atoms. The number of nitrogens with zero attached hydrogens (tertiary/aromatic N) is 4. The fourth-order valence-corrected chi connectivity index (χ4v) is 2.50. The van der Waals surface area contributed by atoms with Gasteiger partial charge in [-0.1, -0.05) is 42.5 Å². The summed E-state index contributed by atoms with van der Waals surface area (Å²) in [7, 11) is 0. The van der Waals surface area contributed by atoms with Gasteiger partial charge in [-0.2, -0.15) is 10.2 Å². The minimum Gasteiger partial charge on any atom is -0.347 e. The van der Waals surface area contributed by atoms with E-state index in [1.54, 1.807) is 12.3 Å². The van der Waals surface area contributed by atoms with Gasteiger partial charge in [0.15, 0.2) is 0 Å². The average molecular weight is 353 g/mol. The summed E-state index contributed by atoms with van der Waals surface area (Å²) in [6.07, 6.45) is 5.34. The molecule has 0 aliphatic rings. The Bertz CT molecular complexity index is 915. The number of anilines is 1. The summed E-state index contributed by atoms with van der Waals surface area (Å²) >= 11 is 6.03. The highest BCUT2D eigenvalue weighted by atomic mass is 35.5. The zero-order valence-electron chi connectivity index (χ0n) is 13.7. The van der Waals surface area contributed by atoms with E-state index >= 15 is 0 Å². The molecule has 3 aromatic rings. The first kappa shape index (κ1) is 16.9. The first-order valence-corrected chi connectivity index (χ1v) is 8.10. The highest BCUT2D eigenvalue weighted by Crippen LogP contribution is 2.21. The lowest BCUT2D eigenvalue weighted by atomic mass is 10.2. The van der Waals surface area contributed by atoms with Crippen LogP contribution in [-0.4, -0.2) is 25.4 Å². The van der Waals surface area contributed by atoms with Crippen LogP contribution in [0.3, 0.4) is 0 Å². The first-order chi connectivity index (χ1) is 12.2. The Kier molecular flexibility index (Phi) is 5.20. The number of halogens is 1. The number of benzene rings is 1. The van der Waals surface area contributed by atoms with Crippen LogP contribution in [0.2, 0.25) is 5.02 Å². The normalized spacial score (nSPS) is 11.4. The van der Waals surface area contributed by atoms with E-state index in [1.165, 1.54) is 0 Å². The molecule has 6 nitrogen and oxygen atoms in total. The monoisotopic (exact) mass is 352 g/mol. The second-order valence-electron chi connectivity index (χ2n) is 5.26. The number of allylic oxidation sites excluding steroid dienone is 3. The largest absolute Gasteiger partial charge is 0.347 e. The fraction of sp³-hybridized carbons (Fsp3) is 0.111. The molecular formula is C18H17ClN6. The van der Waals surface area contributed by atoms with Gasteiger partial charge in [-0.3, -0.25) is 5.10 Å². The van der Waals surface area contributed by atoms with E-state index in [2.05, 4.69) is 37.3 Å². The van der Waals surface area contributed by atoms with Crippen LogP contribution >= 0.6 is 11.6 Å². The van der Waals surface area contributed by atoms with Crippen molar-refractivity contribution in [2.24, 2.45) is 0 Å². The topological polar surface area (TPSA) is 79.4 Å². The molecule has 3 rings (SSSR count). The van der Waals surface area contributed by atoms with Crippen molar-refractivity contribution in [3.05, 3.63) is 71.7 Å². The molecule has 1 aromatic carbocycles. The van der Waals surface area contributed by atoms with E-state index in [-0.39, 0.29) is 0 Å². The molecule has 0 aliphatic heterocycles. The molecule has 0 saturated heterocycles. The summed E-state index contributed by atoms with van der Waals surface area (Å²) < 4.78 is 0. The predicted molar refractivity (Wildman–Crippen MR) is 100 cm³/mol. The zero-order chi connectivity index (χ0) is 17.6. The molecule has 2 aromatic heterocycles. The van der Waals surface area contributed by atoms with Crippen LogP contribution < -0.4 is 5.32 Å².